The molecule has 0 amide bonds. The van der Waals surface area contributed by atoms with E-state index >= 15 is 0 Å². The van der Waals surface area contributed by atoms with Crippen LogP contribution in [0, 0.1) is 27.9 Å². The number of aryl methyl sites for hydroxylation is 2. The van der Waals surface area contributed by atoms with Crippen LogP contribution in [-0.2, 0) is 27.9 Å². The molecule has 5 aromatic heterocycles. The summed E-state index contributed by atoms with van der Waals surface area (Å²) in [5, 5.41) is 10.4. The molecule has 8 bridgehead atoms. The molecule has 25 aromatic rings. The van der Waals surface area contributed by atoms with Crippen LogP contribution in [-0.4, -0.2) is 29.9 Å². The largest absolute Gasteiger partial charge is 2.00 e. The van der Waals surface area contributed by atoms with E-state index in [1.807, 2.05) is 122 Å². The molecule has 0 saturated heterocycles. The number of rotatable bonds is 12. The molecule has 12 nitrogen and oxygen atoms in total. The second-order valence-electron chi connectivity index (χ2n) is 38.3. The van der Waals surface area contributed by atoms with Crippen LogP contribution in [0.4, 0.5) is 34.1 Å². The van der Waals surface area contributed by atoms with Gasteiger partial charge in [0.05, 0.1) is 33.2 Å². The molecular formula is C136H92CuN12. The van der Waals surface area contributed by atoms with Crippen molar-refractivity contribution in [3.05, 3.63) is 567 Å². The molecule has 0 fully saturated rings. The van der Waals surface area contributed by atoms with Crippen molar-refractivity contribution in [3.63, 3.8) is 0 Å². The molecule has 0 spiro atoms. The predicted molar refractivity (Wildman–Crippen MR) is 603 cm³/mol. The molecule has 20 aromatic carbocycles. The average Bonchev–Trinajstić information content (AvgIpc) is 1.64. The molecule has 0 unspecified atom stereocenters. The van der Waals surface area contributed by atoms with E-state index in [-0.39, 0.29) is 17.1 Å². The first-order chi connectivity index (χ1) is 73.1. The Hall–Kier alpha value is -19.0. The van der Waals surface area contributed by atoms with Crippen LogP contribution in [0.2, 0.25) is 0 Å². The van der Waals surface area contributed by atoms with Crippen LogP contribution in [0.15, 0.2) is 498 Å². The molecule has 13 heteroatoms. The van der Waals surface area contributed by atoms with E-state index in [1.54, 1.807) is 9.13 Å². The van der Waals surface area contributed by atoms with Gasteiger partial charge in [-0.2, -0.15) is 4.98 Å². The molecule has 4 aliphatic rings. The van der Waals surface area contributed by atoms with Crippen molar-refractivity contribution in [2.75, 3.05) is 9.80 Å². The van der Waals surface area contributed by atoms with Crippen LogP contribution >= 0.6 is 0 Å². The van der Waals surface area contributed by atoms with Crippen molar-refractivity contribution < 1.29 is 26.2 Å². The van der Waals surface area contributed by atoms with E-state index in [9.17, 15) is 0 Å². The number of nitrogens with zero attached hydrogens (tertiary/aromatic N) is 12. The number of benzene rings is 20. The quantitative estimate of drug-likeness (QED) is 0.0292. The average molecular weight is 1960 g/mol. The van der Waals surface area contributed by atoms with Gasteiger partial charge < -0.3 is 43.9 Å². The summed E-state index contributed by atoms with van der Waals surface area (Å²) in [6.45, 7) is 4.40. The SMILES string of the molecule is Cc1cccc(N(c2cccc(C3(c4ccccc4)c4ccccc4-c4ccccc43)c2)c2c3ccccc3c(N(c3cccc(C)c3)c3cccc(C4(c5ccccc5)c5ccccc5-c5ccccc54)c3)c3ccccc23)c1.[CH2-][n+]1c2nc3[n-]c(nc4[n+]([CH2-])c(nc5[n-]c(nc1-c1ccccc1-2)c1ccccc51)-c1ccccc1-4)c1ccccc31.[Cu+2].c1ccc(-c2ccnc3c2ccc2c(-c4ccccc4)ccnc23)cc1. The summed E-state index contributed by atoms with van der Waals surface area (Å²) in [6.07, 6.45) is 3.75. The van der Waals surface area contributed by atoms with Crippen molar-refractivity contribution in [2.45, 2.75) is 24.7 Å². The van der Waals surface area contributed by atoms with E-state index in [0.717, 1.165) is 121 Å². The number of fused-ring (bicyclic) bond motifs is 31. The third kappa shape index (κ3) is 14.7. The summed E-state index contributed by atoms with van der Waals surface area (Å²) in [6, 6.07) is 175. The van der Waals surface area contributed by atoms with Crippen LogP contribution in [0.1, 0.15) is 55.6 Å². The van der Waals surface area contributed by atoms with Crippen LogP contribution in [0.5, 0.6) is 0 Å². The maximum absolute atomic E-state index is 5.08. The summed E-state index contributed by atoms with van der Waals surface area (Å²) < 4.78 is 3.52. The molecule has 1 radical (unpaired) electrons. The van der Waals surface area contributed by atoms with Crippen molar-refractivity contribution in [2.24, 2.45) is 0 Å². The Morgan fingerprint density at radius 2 is 0.470 bits per heavy atom. The fourth-order valence-electron chi connectivity index (χ4n) is 23.6. The van der Waals surface area contributed by atoms with Gasteiger partial charge >= 0.3 is 17.1 Å². The fourth-order valence-corrected chi connectivity index (χ4v) is 23.6. The number of aromatic nitrogens is 10. The Kier molecular flexibility index (Phi) is 22.3. The van der Waals surface area contributed by atoms with E-state index < -0.39 is 10.8 Å². The molecule has 2 aliphatic carbocycles. The predicted octanol–water partition coefficient (Wildman–Crippen LogP) is 31.6. The third-order valence-corrected chi connectivity index (χ3v) is 30.0. The van der Waals surface area contributed by atoms with E-state index in [0.29, 0.717) is 45.9 Å². The van der Waals surface area contributed by atoms with Gasteiger partial charge in [-0.25, -0.2) is 0 Å². The molecule has 2 aliphatic heterocycles. The Morgan fingerprint density at radius 1 is 0.221 bits per heavy atom. The Labute approximate surface area is 873 Å². The summed E-state index contributed by atoms with van der Waals surface area (Å²) in [5.41, 5.74) is 35.6. The standard InChI is InChI=1S/C78H56N2.C34H20N8.C24H16N2.Cu/c1-53-25-21-33-59(49-53)79(61-35-23-31-57(51-61)77(55-27-5-3-6-28-55)71-45-17-13-37-63(71)64-38-14-18-46-72(64)77)75-67-41-9-11-43-69(67)76(70-44-12-10-42-68(70)75)80(60-34-22-26-54(2)50-60)62-36-24-32-58(52-62)78(56-29-7-4-8-30-56)73-47-19-15-39-65(73)66-40-16-20-48-74(66)78;1-41-31-23-15-7-8-16-24(23)32(41)38-28-20-12-4-6-14-22(20)30(36-28)40-34-26-18-10-9-17-25(26)33(42(34)2)39-29-21-13-5-3-11-19(21)27(35-29)37-31;1-3-7-17(8-4-1)19-13-15-25-23-21(19)11-12-22-20(14-16-26-24(22)23)18-9-5-2-6-10-18;/h3-52H,1-2H3;3-18H,1-2H2;1-16H;/q;-2;;+2. The molecule has 7 heterocycles. The van der Waals surface area contributed by atoms with Gasteiger partial charge in [0.15, 0.2) is 11.5 Å². The number of hydrogen-bond donors (Lipinski definition) is 0. The Bertz CT molecular complexity index is 8980. The molecule has 0 saturated carbocycles. The first-order valence-electron chi connectivity index (χ1n) is 50.1. The monoisotopic (exact) mass is 1960 g/mol. The molecule has 0 N–H and O–H groups in total. The maximum atomic E-state index is 5.08. The van der Waals surface area contributed by atoms with Gasteiger partial charge in [-0.3, -0.25) is 9.97 Å². The minimum atomic E-state index is -0.568. The summed E-state index contributed by atoms with van der Waals surface area (Å²) in [4.78, 5) is 44.6. The van der Waals surface area contributed by atoms with Crippen LogP contribution < -0.4 is 28.9 Å². The first-order valence-corrected chi connectivity index (χ1v) is 50.1. The fraction of sp³-hybridized carbons (Fsp3) is 0.0294. The molecule has 149 heavy (non-hydrogen) atoms. The van der Waals surface area contributed by atoms with Gasteiger partial charge in [0.25, 0.3) is 0 Å². The van der Waals surface area contributed by atoms with Crippen molar-refractivity contribution in [3.8, 4) is 90.1 Å². The van der Waals surface area contributed by atoms with Gasteiger partial charge in [-0.05, 0) is 213 Å². The summed E-state index contributed by atoms with van der Waals surface area (Å²) in [5.74, 6) is 2.61. The van der Waals surface area contributed by atoms with Gasteiger partial charge in [0.1, 0.15) is 0 Å². The zero-order chi connectivity index (χ0) is 98.7. The smallest absolute Gasteiger partial charge is 0.419 e. The zero-order valence-corrected chi connectivity index (χ0v) is 82.4. The summed E-state index contributed by atoms with van der Waals surface area (Å²) in [7, 11) is 8.73. The molecular weight excluding hydrogens is 1870 g/mol. The second kappa shape index (κ2) is 37.0. The summed E-state index contributed by atoms with van der Waals surface area (Å²) >= 11 is 0. The normalized spacial score (nSPS) is 12.5. The topological polar surface area (TPSA) is 120 Å². The number of anilines is 6. The Morgan fingerprint density at radius 3 is 0.772 bits per heavy atom. The molecule has 707 valence electrons. The van der Waals surface area contributed by atoms with Crippen LogP contribution in [0.25, 0.3) is 178 Å². The minimum Gasteiger partial charge on any atom is -0.419 e. The van der Waals surface area contributed by atoms with Crippen LogP contribution in [0.3, 0.4) is 0 Å². The Balaban J connectivity index is 0.000000134. The van der Waals surface area contributed by atoms with Gasteiger partial charge in [0.2, 0.25) is 0 Å². The van der Waals surface area contributed by atoms with E-state index in [1.165, 1.54) is 100 Å². The van der Waals surface area contributed by atoms with Gasteiger partial charge in [-0.1, -0.05) is 439 Å². The number of hydrogen-bond acceptors (Lipinski definition) is 8. The second-order valence-corrected chi connectivity index (χ2v) is 38.3. The van der Waals surface area contributed by atoms with Crippen molar-refractivity contribution >= 4 is 122 Å². The van der Waals surface area contributed by atoms with Gasteiger partial charge in [-0.15, -0.1) is 0 Å². The minimum absolute atomic E-state index is 0. The number of pyridine rings is 2. The van der Waals surface area contributed by atoms with E-state index in [4.69, 9.17) is 29.9 Å². The first kappa shape index (κ1) is 90.0. The van der Waals surface area contributed by atoms with Gasteiger partial charge in [0, 0.05) is 107 Å². The molecule has 0 atom stereocenters. The van der Waals surface area contributed by atoms with Crippen molar-refractivity contribution in [1.82, 2.24) is 39.9 Å². The zero-order valence-electron chi connectivity index (χ0n) is 81.4. The van der Waals surface area contributed by atoms with Crippen molar-refractivity contribution in [1.29, 1.82) is 0 Å². The maximum Gasteiger partial charge on any atom is 2.00 e. The molecule has 29 rings (SSSR count). The van der Waals surface area contributed by atoms with E-state index in [2.05, 4.69) is 424 Å². The third-order valence-electron chi connectivity index (χ3n) is 30.0.